The molecule has 8 nitrogen and oxygen atoms in total. The van der Waals surface area contributed by atoms with E-state index in [0.29, 0.717) is 0 Å². The number of halogens is 1. The summed E-state index contributed by atoms with van der Waals surface area (Å²) < 4.78 is 19.0. The molecule has 4 N–H and O–H groups in total. The van der Waals surface area contributed by atoms with Crippen LogP contribution in [0, 0.1) is 17.2 Å². The number of ether oxygens (including phenoxy) is 1. The molecular formula is C15H16FN3O5. The van der Waals surface area contributed by atoms with Gasteiger partial charge >= 0.3 is 12.0 Å². The van der Waals surface area contributed by atoms with E-state index in [1.54, 1.807) is 0 Å². The summed E-state index contributed by atoms with van der Waals surface area (Å²) in [5, 5.41) is 11.9. The van der Waals surface area contributed by atoms with E-state index >= 15 is 0 Å². The van der Waals surface area contributed by atoms with Crippen LogP contribution in [0.25, 0.3) is 0 Å². The standard InChI is InChI=1S/C15H16FN3O5/c16-11-3-9(1-2-10(11)12(17)20)18-14(23)19-4-8-5-24-7-15(8,6-19)13(21)22/h1-3,8H,4-7H2,(H2,17,20)(H,18,23)(H,21,22)/t8-,15-/m1/s1. The number of anilines is 1. The molecule has 0 saturated carbocycles. The Morgan fingerprint density at radius 1 is 1.42 bits per heavy atom. The number of carbonyl (C=O) groups is 3. The maximum atomic E-state index is 13.7. The Morgan fingerprint density at radius 3 is 2.75 bits per heavy atom. The molecule has 2 saturated heterocycles. The number of urea groups is 1. The number of rotatable bonds is 3. The van der Waals surface area contributed by atoms with E-state index in [4.69, 9.17) is 10.5 Å². The van der Waals surface area contributed by atoms with Crippen molar-refractivity contribution >= 4 is 23.6 Å². The van der Waals surface area contributed by atoms with Gasteiger partial charge in [-0.3, -0.25) is 9.59 Å². The van der Waals surface area contributed by atoms with Crippen molar-refractivity contribution in [1.29, 1.82) is 0 Å². The Labute approximate surface area is 136 Å². The van der Waals surface area contributed by atoms with Gasteiger partial charge in [-0.05, 0) is 18.2 Å². The second-order valence-corrected chi connectivity index (χ2v) is 6.04. The van der Waals surface area contributed by atoms with Crippen molar-refractivity contribution in [3.63, 3.8) is 0 Å². The van der Waals surface area contributed by atoms with Gasteiger partial charge in [0.25, 0.3) is 5.91 Å². The summed E-state index contributed by atoms with van der Waals surface area (Å²) in [4.78, 5) is 36.2. The third-order valence-corrected chi connectivity index (χ3v) is 4.57. The Balaban J connectivity index is 1.71. The zero-order valence-electron chi connectivity index (χ0n) is 12.6. The number of nitrogens with one attached hydrogen (secondary N) is 1. The molecule has 9 heteroatoms. The third kappa shape index (κ3) is 2.56. The second kappa shape index (κ2) is 5.75. The number of benzene rings is 1. The monoisotopic (exact) mass is 337 g/mol. The molecule has 3 rings (SSSR count). The summed E-state index contributed by atoms with van der Waals surface area (Å²) in [5.74, 6) is -3.00. The summed E-state index contributed by atoms with van der Waals surface area (Å²) in [7, 11) is 0. The summed E-state index contributed by atoms with van der Waals surface area (Å²) in [6.07, 6.45) is 0. The molecular weight excluding hydrogens is 321 g/mol. The number of hydrogen-bond donors (Lipinski definition) is 3. The first kappa shape index (κ1) is 16.2. The molecule has 2 aliphatic rings. The molecule has 3 amide bonds. The first-order valence-corrected chi connectivity index (χ1v) is 7.30. The van der Waals surface area contributed by atoms with E-state index in [2.05, 4.69) is 5.32 Å². The minimum atomic E-state index is -1.08. The lowest BCUT2D eigenvalue weighted by Gasteiger charge is -2.22. The number of fused-ring (bicyclic) bond motifs is 1. The van der Waals surface area contributed by atoms with Crippen LogP contribution in [0.3, 0.4) is 0 Å². The molecule has 0 aliphatic carbocycles. The van der Waals surface area contributed by atoms with Crippen molar-refractivity contribution in [2.45, 2.75) is 0 Å². The molecule has 0 bridgehead atoms. The topological polar surface area (TPSA) is 122 Å². The first-order chi connectivity index (χ1) is 11.3. The number of nitrogens with two attached hydrogens (primary N) is 1. The van der Waals surface area contributed by atoms with Crippen molar-refractivity contribution < 1.29 is 28.6 Å². The first-order valence-electron chi connectivity index (χ1n) is 7.30. The third-order valence-electron chi connectivity index (χ3n) is 4.57. The molecule has 1 aromatic rings. The number of nitrogens with zero attached hydrogens (tertiary/aromatic N) is 1. The normalized spacial score (nSPS) is 25.4. The average Bonchev–Trinajstić information content (AvgIpc) is 3.04. The molecule has 0 radical (unpaired) electrons. The van der Waals surface area contributed by atoms with Crippen LogP contribution in [-0.2, 0) is 9.53 Å². The van der Waals surface area contributed by atoms with E-state index in [0.717, 1.165) is 6.07 Å². The molecule has 0 spiro atoms. The van der Waals surface area contributed by atoms with Crippen LogP contribution < -0.4 is 11.1 Å². The van der Waals surface area contributed by atoms with Crippen LogP contribution in [0.15, 0.2) is 18.2 Å². The van der Waals surface area contributed by atoms with Crippen LogP contribution in [0.5, 0.6) is 0 Å². The quantitative estimate of drug-likeness (QED) is 0.741. The van der Waals surface area contributed by atoms with Crippen molar-refractivity contribution in [2.75, 3.05) is 31.6 Å². The molecule has 2 atom stereocenters. The van der Waals surface area contributed by atoms with Gasteiger partial charge in [0.05, 0.1) is 18.8 Å². The van der Waals surface area contributed by atoms with Gasteiger partial charge in [0.15, 0.2) is 0 Å². The number of carbonyl (C=O) groups excluding carboxylic acids is 2. The van der Waals surface area contributed by atoms with Gasteiger partial charge in [0.1, 0.15) is 11.2 Å². The smallest absolute Gasteiger partial charge is 0.321 e. The highest BCUT2D eigenvalue weighted by Gasteiger charge is 2.57. The summed E-state index contributed by atoms with van der Waals surface area (Å²) >= 11 is 0. The van der Waals surface area contributed by atoms with Crippen molar-refractivity contribution in [1.82, 2.24) is 4.90 Å². The fourth-order valence-electron chi connectivity index (χ4n) is 3.19. The largest absolute Gasteiger partial charge is 0.481 e. The van der Waals surface area contributed by atoms with Gasteiger partial charge in [0.2, 0.25) is 0 Å². The Morgan fingerprint density at radius 2 is 2.17 bits per heavy atom. The lowest BCUT2D eigenvalue weighted by atomic mass is 9.81. The van der Waals surface area contributed by atoms with Crippen LogP contribution in [-0.4, -0.2) is 54.2 Å². The lowest BCUT2D eigenvalue weighted by molar-refractivity contribution is -0.149. The highest BCUT2D eigenvalue weighted by Crippen LogP contribution is 2.41. The zero-order chi connectivity index (χ0) is 17.5. The lowest BCUT2D eigenvalue weighted by Crippen LogP contribution is -2.41. The Hall–Kier alpha value is -2.68. The minimum absolute atomic E-state index is 0.0285. The van der Waals surface area contributed by atoms with Gasteiger partial charge < -0.3 is 25.8 Å². The minimum Gasteiger partial charge on any atom is -0.481 e. The van der Waals surface area contributed by atoms with Crippen LogP contribution >= 0.6 is 0 Å². The molecule has 128 valence electrons. The number of carboxylic acids is 1. The van der Waals surface area contributed by atoms with Gasteiger partial charge in [-0.25, -0.2) is 9.18 Å². The zero-order valence-corrected chi connectivity index (χ0v) is 12.6. The summed E-state index contributed by atoms with van der Waals surface area (Å²) in [5.41, 5.74) is 3.81. The Kier molecular flexibility index (Phi) is 3.88. The predicted molar refractivity (Wildman–Crippen MR) is 79.9 cm³/mol. The fraction of sp³-hybridized carbons (Fsp3) is 0.400. The SMILES string of the molecule is NC(=O)c1ccc(NC(=O)N2C[C@@H]3COC[C@]3(C(=O)O)C2)cc1F. The molecule has 0 unspecified atom stereocenters. The maximum Gasteiger partial charge on any atom is 0.321 e. The molecule has 24 heavy (non-hydrogen) atoms. The number of primary amides is 1. The summed E-state index contributed by atoms with van der Waals surface area (Å²) in [6.45, 7) is 0.636. The van der Waals surface area contributed by atoms with Crippen LogP contribution in [0.4, 0.5) is 14.9 Å². The van der Waals surface area contributed by atoms with E-state index in [9.17, 15) is 23.9 Å². The number of likely N-dealkylation sites (tertiary alicyclic amines) is 1. The molecule has 2 aliphatic heterocycles. The molecule has 0 aromatic heterocycles. The van der Waals surface area contributed by atoms with E-state index in [1.165, 1.54) is 17.0 Å². The van der Waals surface area contributed by atoms with Gasteiger partial charge in [0, 0.05) is 24.7 Å². The number of aliphatic carboxylic acids is 1. The van der Waals surface area contributed by atoms with Crippen LogP contribution in [0.2, 0.25) is 0 Å². The van der Waals surface area contributed by atoms with Crippen LogP contribution in [0.1, 0.15) is 10.4 Å². The van der Waals surface area contributed by atoms with Gasteiger partial charge in [-0.15, -0.1) is 0 Å². The van der Waals surface area contributed by atoms with E-state index in [1.807, 2.05) is 0 Å². The molecule has 1 aromatic carbocycles. The highest BCUT2D eigenvalue weighted by atomic mass is 19.1. The van der Waals surface area contributed by atoms with E-state index in [-0.39, 0.29) is 43.5 Å². The fourth-order valence-corrected chi connectivity index (χ4v) is 3.19. The van der Waals surface area contributed by atoms with Crippen molar-refractivity contribution in [2.24, 2.45) is 17.1 Å². The molecule has 2 fully saturated rings. The average molecular weight is 337 g/mol. The van der Waals surface area contributed by atoms with Gasteiger partial charge in [-0.2, -0.15) is 0 Å². The number of amides is 3. The number of hydrogen-bond acceptors (Lipinski definition) is 4. The second-order valence-electron chi connectivity index (χ2n) is 6.04. The molecule has 2 heterocycles. The maximum absolute atomic E-state index is 13.7. The van der Waals surface area contributed by atoms with E-state index < -0.39 is 29.1 Å². The van der Waals surface area contributed by atoms with Gasteiger partial charge in [-0.1, -0.05) is 0 Å². The predicted octanol–water partition coefficient (Wildman–Crippen LogP) is 0.489. The number of carboxylic acid groups (broad SMARTS) is 1. The van der Waals surface area contributed by atoms with Crippen molar-refractivity contribution in [3.8, 4) is 0 Å². The summed E-state index contributed by atoms with van der Waals surface area (Å²) in [6, 6.07) is 2.99. The Bertz CT molecular complexity index is 725. The highest BCUT2D eigenvalue weighted by molar-refractivity contribution is 5.95. The van der Waals surface area contributed by atoms with Crippen molar-refractivity contribution in [3.05, 3.63) is 29.6 Å².